The van der Waals surface area contributed by atoms with Crippen molar-refractivity contribution in [1.82, 2.24) is 0 Å². The molecule has 2 rings (SSSR count). The first-order chi connectivity index (χ1) is 10.1. The van der Waals surface area contributed by atoms with Crippen LogP contribution < -0.4 is 11.1 Å². The van der Waals surface area contributed by atoms with Crippen LogP contribution in [-0.4, -0.2) is 17.6 Å². The van der Waals surface area contributed by atoms with Crippen LogP contribution in [0.15, 0.2) is 42.5 Å². The number of hydrogen-bond acceptors (Lipinski definition) is 3. The van der Waals surface area contributed by atoms with Crippen molar-refractivity contribution in [3.8, 4) is 17.6 Å². The predicted octanol–water partition coefficient (Wildman–Crippen LogP) is 2.09. The van der Waals surface area contributed by atoms with Gasteiger partial charge in [-0.1, -0.05) is 24.0 Å². The summed E-state index contributed by atoms with van der Waals surface area (Å²) in [6.07, 6.45) is 0. The maximum absolute atomic E-state index is 13.2. The Labute approximate surface area is 121 Å². The topological polar surface area (TPSA) is 75.3 Å². The molecule has 0 aromatic heterocycles. The van der Waals surface area contributed by atoms with E-state index < -0.39 is 11.7 Å². The number of carbonyl (C=O) groups excluding carboxylic acids is 1. The Hall–Kier alpha value is -2.84. The second kappa shape index (κ2) is 6.55. The maximum atomic E-state index is 13.2. The third kappa shape index (κ3) is 3.59. The normalized spacial score (nSPS) is 9.62. The molecule has 0 fully saturated rings. The second-order valence-electron chi connectivity index (χ2n) is 4.17. The molecule has 1 amide bonds. The van der Waals surface area contributed by atoms with E-state index in [2.05, 4.69) is 17.2 Å². The van der Waals surface area contributed by atoms with Crippen molar-refractivity contribution >= 4 is 11.6 Å². The summed E-state index contributed by atoms with van der Waals surface area (Å²) in [4.78, 5) is 12.1. The lowest BCUT2D eigenvalue weighted by molar-refractivity contribution is 0.102. The summed E-state index contributed by atoms with van der Waals surface area (Å²) in [6, 6.07) is 10.1. The third-order valence-corrected chi connectivity index (χ3v) is 2.70. The molecular weight excluding hydrogens is 271 g/mol. The minimum absolute atomic E-state index is 0.142. The highest BCUT2D eigenvalue weighted by atomic mass is 19.1. The number of nitrogens with two attached hydrogens (primary N) is 1. The lowest BCUT2D eigenvalue weighted by Crippen LogP contribution is -2.13. The summed E-state index contributed by atoms with van der Waals surface area (Å²) >= 11 is 0. The van der Waals surface area contributed by atoms with Gasteiger partial charge in [0.15, 0.2) is 0 Å². The van der Waals surface area contributed by atoms with Gasteiger partial charge in [-0.25, -0.2) is 4.39 Å². The quantitative estimate of drug-likeness (QED) is 0.739. The van der Waals surface area contributed by atoms with Crippen LogP contribution in [0, 0.1) is 17.7 Å². The van der Waals surface area contributed by atoms with E-state index >= 15 is 0 Å². The molecule has 0 spiro atoms. The van der Waals surface area contributed by atoms with Crippen LogP contribution in [0.4, 0.5) is 10.1 Å². The summed E-state index contributed by atoms with van der Waals surface area (Å²) in [5.74, 6) is 4.01. The van der Waals surface area contributed by atoms with Crippen molar-refractivity contribution < 1.29 is 14.3 Å². The van der Waals surface area contributed by atoms with Crippen LogP contribution in [0.3, 0.4) is 0 Å². The maximum Gasteiger partial charge on any atom is 0.259 e. The Morgan fingerprint density at radius 3 is 2.81 bits per heavy atom. The Morgan fingerprint density at radius 2 is 2.05 bits per heavy atom. The van der Waals surface area contributed by atoms with Gasteiger partial charge in [-0.2, -0.15) is 0 Å². The standard InChI is InChI=1S/C16H13FN2O2/c17-12-7-8-15(20)13(10-12)16(21)19-14-6-2-1-4-11(14)5-3-9-18/h1-2,4,6-8,10,20H,9,18H2,(H,19,21). The van der Waals surface area contributed by atoms with Crippen molar-refractivity contribution in [2.45, 2.75) is 0 Å². The number of nitrogens with one attached hydrogen (secondary N) is 1. The number of halogens is 1. The summed E-state index contributed by atoms with van der Waals surface area (Å²) in [6.45, 7) is 0.201. The number of carbonyl (C=O) groups is 1. The molecule has 0 aliphatic carbocycles. The number of hydrogen-bond donors (Lipinski definition) is 3. The van der Waals surface area contributed by atoms with E-state index in [1.165, 1.54) is 0 Å². The summed E-state index contributed by atoms with van der Waals surface area (Å²) < 4.78 is 13.2. The lowest BCUT2D eigenvalue weighted by atomic mass is 10.1. The molecule has 2 aromatic rings. The van der Waals surface area contributed by atoms with Crippen molar-refractivity contribution in [1.29, 1.82) is 0 Å². The number of aromatic hydroxyl groups is 1. The smallest absolute Gasteiger partial charge is 0.259 e. The van der Waals surface area contributed by atoms with Gasteiger partial charge in [0.25, 0.3) is 5.91 Å². The SMILES string of the molecule is NCC#Cc1ccccc1NC(=O)c1cc(F)ccc1O. The average Bonchev–Trinajstić information content (AvgIpc) is 2.48. The molecule has 0 aliphatic heterocycles. The first-order valence-corrected chi connectivity index (χ1v) is 6.19. The Morgan fingerprint density at radius 1 is 1.29 bits per heavy atom. The van der Waals surface area contributed by atoms with Gasteiger partial charge >= 0.3 is 0 Å². The summed E-state index contributed by atoms with van der Waals surface area (Å²) in [7, 11) is 0. The number of phenolic OH excluding ortho intramolecular Hbond substituents is 1. The molecule has 0 unspecified atom stereocenters. The van der Waals surface area contributed by atoms with E-state index in [4.69, 9.17) is 5.73 Å². The molecule has 0 bridgehead atoms. The molecule has 106 valence electrons. The fourth-order valence-corrected chi connectivity index (χ4v) is 1.73. The number of anilines is 1. The van der Waals surface area contributed by atoms with Gasteiger partial charge in [0.2, 0.25) is 0 Å². The van der Waals surface area contributed by atoms with E-state index in [0.29, 0.717) is 11.3 Å². The van der Waals surface area contributed by atoms with Crippen LogP contribution in [0.1, 0.15) is 15.9 Å². The van der Waals surface area contributed by atoms with Crippen LogP contribution in [0.5, 0.6) is 5.75 Å². The van der Waals surface area contributed by atoms with E-state index in [1.54, 1.807) is 24.3 Å². The van der Waals surface area contributed by atoms with Crippen molar-refractivity contribution in [2.75, 3.05) is 11.9 Å². The fraction of sp³-hybridized carbons (Fsp3) is 0.0625. The molecule has 0 aliphatic rings. The molecule has 0 atom stereocenters. The molecule has 0 saturated heterocycles. The zero-order valence-electron chi connectivity index (χ0n) is 11.1. The lowest BCUT2D eigenvalue weighted by Gasteiger charge is -2.08. The first kappa shape index (κ1) is 14.6. The summed E-state index contributed by atoms with van der Waals surface area (Å²) in [5.41, 5.74) is 6.23. The average molecular weight is 284 g/mol. The molecule has 0 saturated carbocycles. The van der Waals surface area contributed by atoms with Gasteiger partial charge in [0, 0.05) is 5.56 Å². The molecule has 5 heteroatoms. The fourth-order valence-electron chi connectivity index (χ4n) is 1.73. The molecular formula is C16H13FN2O2. The number of benzene rings is 2. The minimum atomic E-state index is -0.617. The zero-order valence-corrected chi connectivity index (χ0v) is 11.1. The molecule has 0 radical (unpaired) electrons. The van der Waals surface area contributed by atoms with Crippen LogP contribution in [0.25, 0.3) is 0 Å². The van der Waals surface area contributed by atoms with Gasteiger partial charge < -0.3 is 16.2 Å². The van der Waals surface area contributed by atoms with Crippen molar-refractivity contribution in [3.63, 3.8) is 0 Å². The minimum Gasteiger partial charge on any atom is -0.507 e. The second-order valence-corrected chi connectivity index (χ2v) is 4.17. The highest BCUT2D eigenvalue weighted by Gasteiger charge is 2.13. The van der Waals surface area contributed by atoms with E-state index in [9.17, 15) is 14.3 Å². The predicted molar refractivity (Wildman–Crippen MR) is 78.4 cm³/mol. The number of phenols is 1. The Kier molecular flexibility index (Phi) is 4.54. The van der Waals surface area contributed by atoms with E-state index in [0.717, 1.165) is 18.2 Å². The molecule has 0 heterocycles. The molecule has 4 N–H and O–H groups in total. The number of para-hydroxylation sites is 1. The number of amides is 1. The molecule has 2 aromatic carbocycles. The van der Waals surface area contributed by atoms with Crippen molar-refractivity contribution in [3.05, 3.63) is 59.4 Å². The zero-order chi connectivity index (χ0) is 15.2. The van der Waals surface area contributed by atoms with Crippen LogP contribution in [-0.2, 0) is 0 Å². The summed E-state index contributed by atoms with van der Waals surface area (Å²) in [5, 5.41) is 12.2. The number of rotatable bonds is 2. The first-order valence-electron chi connectivity index (χ1n) is 6.19. The van der Waals surface area contributed by atoms with Gasteiger partial charge in [-0.05, 0) is 30.3 Å². The van der Waals surface area contributed by atoms with Crippen LogP contribution >= 0.6 is 0 Å². The monoisotopic (exact) mass is 284 g/mol. The third-order valence-electron chi connectivity index (χ3n) is 2.70. The van der Waals surface area contributed by atoms with E-state index in [1.807, 2.05) is 0 Å². The van der Waals surface area contributed by atoms with Gasteiger partial charge in [0.1, 0.15) is 11.6 Å². The van der Waals surface area contributed by atoms with Crippen molar-refractivity contribution in [2.24, 2.45) is 5.73 Å². The van der Waals surface area contributed by atoms with Gasteiger partial charge in [-0.15, -0.1) is 0 Å². The highest BCUT2D eigenvalue weighted by Crippen LogP contribution is 2.21. The van der Waals surface area contributed by atoms with Gasteiger partial charge in [-0.3, -0.25) is 4.79 Å². The highest BCUT2D eigenvalue weighted by molar-refractivity contribution is 6.06. The van der Waals surface area contributed by atoms with Gasteiger partial charge in [0.05, 0.1) is 17.8 Å². The molecule has 4 nitrogen and oxygen atoms in total. The Bertz CT molecular complexity index is 733. The Balaban J connectivity index is 2.30. The largest absolute Gasteiger partial charge is 0.507 e. The van der Waals surface area contributed by atoms with Crippen LogP contribution in [0.2, 0.25) is 0 Å². The van der Waals surface area contributed by atoms with E-state index in [-0.39, 0.29) is 17.9 Å². The molecule has 21 heavy (non-hydrogen) atoms.